The predicted molar refractivity (Wildman–Crippen MR) is 70.7 cm³/mol. The minimum absolute atomic E-state index is 0.164. The first kappa shape index (κ1) is 14.4. The van der Waals surface area contributed by atoms with E-state index in [1.807, 2.05) is 20.9 Å². The van der Waals surface area contributed by atoms with E-state index in [-0.39, 0.29) is 10.6 Å². The molecule has 0 bridgehead atoms. The van der Waals surface area contributed by atoms with Gasteiger partial charge in [0.1, 0.15) is 11.4 Å². The zero-order chi connectivity index (χ0) is 13.7. The van der Waals surface area contributed by atoms with Gasteiger partial charge in [0.25, 0.3) is 0 Å². The van der Waals surface area contributed by atoms with Crippen LogP contribution in [-0.4, -0.2) is 28.3 Å². The number of aromatic nitrogens is 2. The lowest BCUT2D eigenvalue weighted by atomic mass is 10.2. The van der Waals surface area contributed by atoms with Crippen molar-refractivity contribution in [2.75, 3.05) is 13.6 Å². The lowest BCUT2D eigenvalue weighted by molar-refractivity contribution is -0.386. The molecule has 6 nitrogen and oxygen atoms in total. The van der Waals surface area contributed by atoms with Crippen LogP contribution in [0.5, 0.6) is 0 Å². The zero-order valence-electron chi connectivity index (χ0n) is 11.2. The number of aryl methyl sites for hydroxylation is 1. The lowest BCUT2D eigenvalue weighted by Crippen LogP contribution is -2.15. The van der Waals surface area contributed by atoms with Crippen LogP contribution in [0.1, 0.15) is 25.2 Å². The molecule has 0 atom stereocenters. The van der Waals surface area contributed by atoms with E-state index in [0.717, 1.165) is 5.57 Å². The molecule has 0 saturated heterocycles. The molecular weight excluding hydrogens is 232 g/mol. The molecule has 0 aliphatic carbocycles. The molecule has 0 aliphatic rings. The van der Waals surface area contributed by atoms with Crippen molar-refractivity contribution >= 4 is 5.69 Å². The van der Waals surface area contributed by atoms with Gasteiger partial charge in [0.05, 0.1) is 11.5 Å². The molecular formula is C12H20N4O2. The van der Waals surface area contributed by atoms with Crippen molar-refractivity contribution in [2.45, 2.75) is 33.2 Å². The summed E-state index contributed by atoms with van der Waals surface area (Å²) >= 11 is 0. The fourth-order valence-electron chi connectivity index (χ4n) is 1.99. The van der Waals surface area contributed by atoms with Gasteiger partial charge in [-0.3, -0.25) is 14.8 Å². The maximum absolute atomic E-state index is 11.1. The van der Waals surface area contributed by atoms with E-state index < -0.39 is 0 Å². The maximum atomic E-state index is 11.1. The van der Waals surface area contributed by atoms with Gasteiger partial charge in [0, 0.05) is 6.54 Å². The van der Waals surface area contributed by atoms with Crippen molar-refractivity contribution in [3.63, 3.8) is 0 Å². The quantitative estimate of drug-likeness (QED) is 0.455. The Balaban J connectivity index is 3.12. The van der Waals surface area contributed by atoms with Gasteiger partial charge in [0.2, 0.25) is 0 Å². The molecule has 18 heavy (non-hydrogen) atoms. The second-order valence-electron chi connectivity index (χ2n) is 4.14. The Morgan fingerprint density at radius 3 is 2.61 bits per heavy atom. The molecule has 1 aromatic heterocycles. The normalized spacial score (nSPS) is 10.6. The molecule has 0 spiro atoms. The van der Waals surface area contributed by atoms with E-state index in [9.17, 15) is 10.1 Å². The number of rotatable bonds is 7. The number of nitrogens with zero attached hydrogens (tertiary/aromatic N) is 3. The van der Waals surface area contributed by atoms with Gasteiger partial charge in [0.15, 0.2) is 0 Å². The van der Waals surface area contributed by atoms with Crippen LogP contribution in [0, 0.1) is 10.1 Å². The molecule has 1 N–H and O–H groups in total. The monoisotopic (exact) mass is 252 g/mol. The van der Waals surface area contributed by atoms with Gasteiger partial charge in [-0.05, 0) is 25.5 Å². The van der Waals surface area contributed by atoms with Crippen LogP contribution in [0.25, 0.3) is 0 Å². The summed E-state index contributed by atoms with van der Waals surface area (Å²) in [5.41, 5.74) is 2.34. The third kappa shape index (κ3) is 2.95. The Kier molecular flexibility index (Phi) is 5.03. The van der Waals surface area contributed by atoms with Gasteiger partial charge < -0.3 is 5.32 Å². The van der Waals surface area contributed by atoms with Crippen LogP contribution in [0.3, 0.4) is 0 Å². The topological polar surface area (TPSA) is 73.0 Å². The predicted octanol–water partition coefficient (Wildman–Crippen LogP) is 1.69. The maximum Gasteiger partial charge on any atom is 0.313 e. The van der Waals surface area contributed by atoms with Crippen molar-refractivity contribution in [1.29, 1.82) is 0 Å². The van der Waals surface area contributed by atoms with E-state index >= 15 is 0 Å². The summed E-state index contributed by atoms with van der Waals surface area (Å²) in [5.74, 6) is 0. The van der Waals surface area contributed by atoms with Crippen molar-refractivity contribution in [3.8, 4) is 0 Å². The Morgan fingerprint density at radius 1 is 1.50 bits per heavy atom. The number of nitro groups is 1. The summed E-state index contributed by atoms with van der Waals surface area (Å²) in [7, 11) is 1.84. The fourth-order valence-corrected chi connectivity index (χ4v) is 1.99. The van der Waals surface area contributed by atoms with Crippen LogP contribution in [0.4, 0.5) is 5.69 Å². The number of likely N-dealkylation sites (N-methyl/N-ethyl adjacent to an activating group) is 1. The van der Waals surface area contributed by atoms with E-state index in [4.69, 9.17) is 0 Å². The van der Waals surface area contributed by atoms with Crippen molar-refractivity contribution in [2.24, 2.45) is 0 Å². The average Bonchev–Trinajstić information content (AvgIpc) is 2.66. The van der Waals surface area contributed by atoms with E-state index in [0.29, 0.717) is 37.3 Å². The molecule has 0 unspecified atom stereocenters. The fraction of sp³-hybridized carbons (Fsp3) is 0.583. The SMILES string of the molecule is C=C(CNC)Cn1nc(CC)c([N+](=O)[O-])c1CC. The summed E-state index contributed by atoms with van der Waals surface area (Å²) in [6.07, 6.45) is 1.16. The van der Waals surface area contributed by atoms with Gasteiger partial charge in [-0.25, -0.2) is 0 Å². The molecule has 6 heteroatoms. The molecule has 0 fully saturated rings. The summed E-state index contributed by atoms with van der Waals surface area (Å²) in [4.78, 5) is 10.8. The summed E-state index contributed by atoms with van der Waals surface area (Å²) in [5, 5.41) is 18.4. The molecule has 0 saturated carbocycles. The highest BCUT2D eigenvalue weighted by Crippen LogP contribution is 2.25. The van der Waals surface area contributed by atoms with Crippen LogP contribution in [0.15, 0.2) is 12.2 Å². The third-order valence-corrected chi connectivity index (χ3v) is 2.75. The smallest absolute Gasteiger partial charge is 0.313 e. The lowest BCUT2D eigenvalue weighted by Gasteiger charge is -2.07. The highest BCUT2D eigenvalue weighted by Gasteiger charge is 2.25. The van der Waals surface area contributed by atoms with Crippen LogP contribution >= 0.6 is 0 Å². The Labute approximate surface area is 107 Å². The minimum atomic E-state index is -0.331. The molecule has 0 amide bonds. The Hall–Kier alpha value is -1.69. The first-order valence-corrected chi connectivity index (χ1v) is 6.09. The van der Waals surface area contributed by atoms with E-state index in [1.165, 1.54) is 0 Å². The van der Waals surface area contributed by atoms with E-state index in [1.54, 1.807) is 4.68 Å². The number of hydrogen-bond acceptors (Lipinski definition) is 4. The minimum Gasteiger partial charge on any atom is -0.316 e. The van der Waals surface area contributed by atoms with E-state index in [2.05, 4.69) is 17.0 Å². The van der Waals surface area contributed by atoms with Gasteiger partial charge in [-0.15, -0.1) is 0 Å². The highest BCUT2D eigenvalue weighted by atomic mass is 16.6. The zero-order valence-corrected chi connectivity index (χ0v) is 11.2. The Bertz CT molecular complexity index is 451. The second-order valence-corrected chi connectivity index (χ2v) is 4.14. The first-order chi connectivity index (χ1) is 8.54. The van der Waals surface area contributed by atoms with Crippen molar-refractivity contribution in [3.05, 3.63) is 33.7 Å². The van der Waals surface area contributed by atoms with Crippen LogP contribution < -0.4 is 5.32 Å². The summed E-state index contributed by atoms with van der Waals surface area (Å²) in [6, 6.07) is 0. The number of hydrogen-bond donors (Lipinski definition) is 1. The molecule has 100 valence electrons. The van der Waals surface area contributed by atoms with Gasteiger partial charge in [-0.2, -0.15) is 5.10 Å². The number of nitrogens with one attached hydrogen (secondary N) is 1. The molecule has 0 radical (unpaired) electrons. The third-order valence-electron chi connectivity index (χ3n) is 2.75. The molecule has 0 aliphatic heterocycles. The summed E-state index contributed by atoms with van der Waals surface area (Å²) < 4.78 is 1.70. The molecule has 1 aromatic rings. The molecule has 1 heterocycles. The largest absolute Gasteiger partial charge is 0.316 e. The molecule has 0 aromatic carbocycles. The average molecular weight is 252 g/mol. The summed E-state index contributed by atoms with van der Waals surface area (Å²) in [6.45, 7) is 8.91. The highest BCUT2D eigenvalue weighted by molar-refractivity contribution is 5.41. The second kappa shape index (κ2) is 6.30. The Morgan fingerprint density at radius 2 is 2.17 bits per heavy atom. The van der Waals surface area contributed by atoms with Crippen LogP contribution in [-0.2, 0) is 19.4 Å². The van der Waals surface area contributed by atoms with Crippen molar-refractivity contribution < 1.29 is 4.92 Å². The first-order valence-electron chi connectivity index (χ1n) is 6.09. The van der Waals surface area contributed by atoms with Crippen LogP contribution in [0.2, 0.25) is 0 Å². The van der Waals surface area contributed by atoms with Crippen molar-refractivity contribution in [1.82, 2.24) is 15.1 Å². The van der Waals surface area contributed by atoms with Gasteiger partial charge >= 0.3 is 5.69 Å². The van der Waals surface area contributed by atoms with Gasteiger partial charge in [-0.1, -0.05) is 20.4 Å². The molecule has 1 rings (SSSR count). The standard InChI is InChI=1S/C12H20N4O2/c1-5-10-12(16(17)18)11(6-2)15(14-10)8-9(3)7-13-4/h13H,3,5-8H2,1-2,4H3.